The fraction of sp³-hybridized carbons (Fsp3) is 0.294. The average Bonchev–Trinajstić information content (AvgIpc) is 2.41. The predicted octanol–water partition coefficient (Wildman–Crippen LogP) is 4.59. The first-order chi connectivity index (χ1) is 9.49. The number of aryl methyl sites for hydroxylation is 1. The summed E-state index contributed by atoms with van der Waals surface area (Å²) >= 11 is 3.56. The molecule has 2 rings (SSSR count). The van der Waals surface area contributed by atoms with E-state index in [2.05, 4.69) is 41.1 Å². The van der Waals surface area contributed by atoms with E-state index in [1.165, 1.54) is 5.56 Å². The molecule has 2 N–H and O–H groups in total. The fourth-order valence-corrected chi connectivity index (χ4v) is 2.48. The number of halogens is 1. The molecule has 0 fully saturated rings. The van der Waals surface area contributed by atoms with Gasteiger partial charge in [0.25, 0.3) is 0 Å². The van der Waals surface area contributed by atoms with Crippen LogP contribution in [0.3, 0.4) is 0 Å². The highest BCUT2D eigenvalue weighted by Gasteiger charge is 2.15. The van der Waals surface area contributed by atoms with Crippen molar-refractivity contribution in [3.05, 3.63) is 63.6 Å². The van der Waals surface area contributed by atoms with E-state index < -0.39 is 0 Å². The summed E-state index contributed by atoms with van der Waals surface area (Å²) in [6.45, 7) is 6.10. The number of ether oxygens (including phenoxy) is 1. The molecule has 20 heavy (non-hydrogen) atoms. The molecule has 2 nitrogen and oxygen atoms in total. The van der Waals surface area contributed by atoms with E-state index in [9.17, 15) is 0 Å². The van der Waals surface area contributed by atoms with Gasteiger partial charge in [-0.25, -0.2) is 0 Å². The first-order valence-corrected chi connectivity index (χ1v) is 7.55. The number of hydrogen-bond acceptors (Lipinski definition) is 2. The molecular weight excluding hydrogens is 314 g/mol. The molecule has 0 saturated carbocycles. The van der Waals surface area contributed by atoms with E-state index in [0.717, 1.165) is 21.3 Å². The van der Waals surface area contributed by atoms with Gasteiger partial charge in [0.05, 0.1) is 12.1 Å². The molecule has 0 aliphatic carbocycles. The molecule has 1 unspecified atom stereocenters. The summed E-state index contributed by atoms with van der Waals surface area (Å²) in [6, 6.07) is 14.0. The average molecular weight is 334 g/mol. The molecular formula is C17H20BrNO. The van der Waals surface area contributed by atoms with Gasteiger partial charge in [-0.1, -0.05) is 46.3 Å². The van der Waals surface area contributed by atoms with Crippen molar-refractivity contribution in [2.45, 2.75) is 32.9 Å². The number of nitrogens with two attached hydrogens (primary N) is 1. The third-order valence-corrected chi connectivity index (χ3v) is 4.03. The van der Waals surface area contributed by atoms with Crippen LogP contribution >= 0.6 is 15.9 Å². The van der Waals surface area contributed by atoms with Gasteiger partial charge in [-0.05, 0) is 44.0 Å². The summed E-state index contributed by atoms with van der Waals surface area (Å²) in [7, 11) is 0. The summed E-state index contributed by atoms with van der Waals surface area (Å²) in [5.41, 5.74) is 9.70. The maximum atomic E-state index is 6.41. The van der Waals surface area contributed by atoms with Gasteiger partial charge < -0.3 is 10.5 Å². The van der Waals surface area contributed by atoms with Crippen LogP contribution in [0.25, 0.3) is 0 Å². The standard InChI is InChI=1S/C17H20BrNO/c1-11(2)20-16-7-5-4-6-14(16)17(19)13-9-8-12(3)15(18)10-13/h4-11,17H,19H2,1-3H3. The van der Waals surface area contributed by atoms with Crippen molar-refractivity contribution in [2.24, 2.45) is 5.73 Å². The van der Waals surface area contributed by atoms with Crippen molar-refractivity contribution in [1.82, 2.24) is 0 Å². The van der Waals surface area contributed by atoms with Gasteiger partial charge in [0.2, 0.25) is 0 Å². The zero-order chi connectivity index (χ0) is 14.7. The lowest BCUT2D eigenvalue weighted by atomic mass is 9.98. The normalized spacial score (nSPS) is 12.5. The van der Waals surface area contributed by atoms with Crippen molar-refractivity contribution in [1.29, 1.82) is 0 Å². The Bertz CT molecular complexity index is 595. The number of hydrogen-bond donors (Lipinski definition) is 1. The second kappa shape index (κ2) is 6.42. The van der Waals surface area contributed by atoms with E-state index >= 15 is 0 Å². The molecule has 0 aromatic heterocycles. The minimum atomic E-state index is -0.193. The van der Waals surface area contributed by atoms with Crippen LogP contribution in [0.5, 0.6) is 5.75 Å². The molecule has 0 aliphatic heterocycles. The quantitative estimate of drug-likeness (QED) is 0.887. The highest BCUT2D eigenvalue weighted by atomic mass is 79.9. The van der Waals surface area contributed by atoms with Gasteiger partial charge in [0, 0.05) is 10.0 Å². The summed E-state index contributed by atoms with van der Waals surface area (Å²) in [6.07, 6.45) is 0.133. The van der Waals surface area contributed by atoms with E-state index in [0.29, 0.717) is 0 Å². The van der Waals surface area contributed by atoms with Crippen LogP contribution in [-0.2, 0) is 0 Å². The Balaban J connectivity index is 2.37. The Morgan fingerprint density at radius 1 is 1.10 bits per heavy atom. The molecule has 2 aromatic carbocycles. The topological polar surface area (TPSA) is 35.2 Å². The second-order valence-corrected chi connectivity index (χ2v) is 6.05. The molecule has 0 aliphatic rings. The van der Waals surface area contributed by atoms with E-state index in [4.69, 9.17) is 10.5 Å². The molecule has 2 aromatic rings. The minimum absolute atomic E-state index is 0.133. The van der Waals surface area contributed by atoms with Gasteiger partial charge in [0.1, 0.15) is 5.75 Å². The molecule has 1 atom stereocenters. The maximum Gasteiger partial charge on any atom is 0.124 e. The third-order valence-electron chi connectivity index (χ3n) is 3.17. The fourth-order valence-electron chi connectivity index (χ4n) is 2.08. The molecule has 3 heteroatoms. The highest BCUT2D eigenvalue weighted by Crippen LogP contribution is 2.30. The van der Waals surface area contributed by atoms with Gasteiger partial charge in [-0.3, -0.25) is 0 Å². The van der Waals surface area contributed by atoms with Crippen molar-refractivity contribution in [2.75, 3.05) is 0 Å². The van der Waals surface area contributed by atoms with Crippen molar-refractivity contribution >= 4 is 15.9 Å². The molecule has 0 spiro atoms. The van der Waals surface area contributed by atoms with Gasteiger partial charge in [-0.15, -0.1) is 0 Å². The Kier molecular flexibility index (Phi) is 4.84. The highest BCUT2D eigenvalue weighted by molar-refractivity contribution is 9.10. The maximum absolute atomic E-state index is 6.41. The monoisotopic (exact) mass is 333 g/mol. The lowest BCUT2D eigenvalue weighted by molar-refractivity contribution is 0.239. The Hall–Kier alpha value is -1.32. The van der Waals surface area contributed by atoms with Crippen molar-refractivity contribution in [3.63, 3.8) is 0 Å². The lowest BCUT2D eigenvalue weighted by Crippen LogP contribution is -2.15. The zero-order valence-corrected chi connectivity index (χ0v) is 13.6. The zero-order valence-electron chi connectivity index (χ0n) is 12.1. The van der Waals surface area contributed by atoms with Crippen LogP contribution in [0.1, 0.15) is 36.6 Å². The van der Waals surface area contributed by atoms with Crippen LogP contribution < -0.4 is 10.5 Å². The number of para-hydroxylation sites is 1. The largest absolute Gasteiger partial charge is 0.491 e. The SMILES string of the molecule is Cc1ccc(C(N)c2ccccc2OC(C)C)cc1Br. The van der Waals surface area contributed by atoms with E-state index in [-0.39, 0.29) is 12.1 Å². The van der Waals surface area contributed by atoms with E-state index in [1.54, 1.807) is 0 Å². The molecule has 106 valence electrons. The Labute approximate surface area is 129 Å². The summed E-state index contributed by atoms with van der Waals surface area (Å²) in [5, 5.41) is 0. The van der Waals surface area contributed by atoms with Gasteiger partial charge in [-0.2, -0.15) is 0 Å². The smallest absolute Gasteiger partial charge is 0.124 e. The molecule has 0 radical (unpaired) electrons. The minimum Gasteiger partial charge on any atom is -0.491 e. The Morgan fingerprint density at radius 2 is 1.80 bits per heavy atom. The summed E-state index contributed by atoms with van der Waals surface area (Å²) < 4.78 is 6.93. The second-order valence-electron chi connectivity index (χ2n) is 5.19. The van der Waals surface area contributed by atoms with Gasteiger partial charge in [0.15, 0.2) is 0 Å². The number of benzene rings is 2. The molecule has 0 bridgehead atoms. The predicted molar refractivity (Wildman–Crippen MR) is 87.1 cm³/mol. The molecule has 0 saturated heterocycles. The molecule has 0 amide bonds. The lowest BCUT2D eigenvalue weighted by Gasteiger charge is -2.19. The Morgan fingerprint density at radius 3 is 2.45 bits per heavy atom. The number of rotatable bonds is 4. The first-order valence-electron chi connectivity index (χ1n) is 6.76. The van der Waals surface area contributed by atoms with E-state index in [1.807, 2.05) is 38.1 Å². The van der Waals surface area contributed by atoms with Crippen molar-refractivity contribution < 1.29 is 4.74 Å². The summed E-state index contributed by atoms with van der Waals surface area (Å²) in [4.78, 5) is 0. The van der Waals surface area contributed by atoms with Gasteiger partial charge >= 0.3 is 0 Å². The molecule has 0 heterocycles. The first kappa shape index (κ1) is 15.1. The van der Waals surface area contributed by atoms with Crippen LogP contribution in [0.15, 0.2) is 46.9 Å². The van der Waals surface area contributed by atoms with Crippen molar-refractivity contribution in [3.8, 4) is 5.75 Å². The van der Waals surface area contributed by atoms with Crippen LogP contribution in [0, 0.1) is 6.92 Å². The third kappa shape index (κ3) is 3.41. The van der Waals surface area contributed by atoms with Crippen LogP contribution in [0.2, 0.25) is 0 Å². The van der Waals surface area contributed by atoms with Crippen LogP contribution in [-0.4, -0.2) is 6.10 Å². The van der Waals surface area contributed by atoms with Crippen LogP contribution in [0.4, 0.5) is 0 Å². The summed E-state index contributed by atoms with van der Waals surface area (Å²) in [5.74, 6) is 0.853.